The summed E-state index contributed by atoms with van der Waals surface area (Å²) in [7, 11) is 0. The van der Waals surface area contributed by atoms with Gasteiger partial charge in [0.05, 0.1) is 5.56 Å². The van der Waals surface area contributed by atoms with E-state index in [1.165, 1.54) is 6.07 Å². The van der Waals surface area contributed by atoms with Gasteiger partial charge < -0.3 is 4.74 Å². The first-order chi connectivity index (χ1) is 9.70. The zero-order valence-corrected chi connectivity index (χ0v) is 12.4. The van der Waals surface area contributed by atoms with Gasteiger partial charge in [-0.1, -0.05) is 12.1 Å². The van der Waals surface area contributed by atoms with Crippen LogP contribution < -0.4 is 10.9 Å². The number of ether oxygens (including phenoxy) is 1. The number of carbonyl (C=O) groups is 2. The van der Waals surface area contributed by atoms with Crippen molar-refractivity contribution in [2.45, 2.75) is 19.2 Å². The smallest absolute Gasteiger partial charge is 0.359 e. The van der Waals surface area contributed by atoms with Crippen LogP contribution in [-0.2, 0) is 9.53 Å². The summed E-state index contributed by atoms with van der Waals surface area (Å²) in [4.78, 5) is 23.2. The monoisotopic (exact) mass is 368 g/mol. The van der Waals surface area contributed by atoms with E-state index in [9.17, 15) is 22.8 Å². The van der Waals surface area contributed by atoms with Crippen LogP contribution in [0.3, 0.4) is 0 Å². The third-order valence-corrected chi connectivity index (χ3v) is 2.98. The molecule has 0 aliphatic rings. The maximum Gasteiger partial charge on any atom is 0.411 e. The Hall–Kier alpha value is -1.61. The molecule has 0 saturated heterocycles. The Morgan fingerprint density at radius 1 is 1.29 bits per heavy atom. The van der Waals surface area contributed by atoms with E-state index in [1.54, 1.807) is 18.2 Å². The van der Waals surface area contributed by atoms with E-state index in [2.05, 4.69) is 26.1 Å². The third kappa shape index (κ3) is 6.13. The highest BCUT2D eigenvalue weighted by Gasteiger charge is 2.30. The average Bonchev–Trinajstić information content (AvgIpc) is 2.41. The fraction of sp³-hybridized carbons (Fsp3) is 0.333. The highest BCUT2D eigenvalue weighted by atomic mass is 79.9. The summed E-state index contributed by atoms with van der Waals surface area (Å²) >= 11 is 3.16. The molecule has 1 aromatic rings. The molecule has 0 aliphatic carbocycles. The van der Waals surface area contributed by atoms with Crippen molar-refractivity contribution in [1.29, 1.82) is 0 Å². The summed E-state index contributed by atoms with van der Waals surface area (Å²) in [6, 6.07) is 6.46. The normalized spacial score (nSPS) is 12.6. The molecule has 2 amide bonds. The molecule has 0 bridgehead atoms. The van der Waals surface area contributed by atoms with Crippen molar-refractivity contribution >= 4 is 27.7 Å². The first kappa shape index (κ1) is 17.4. The number of nitrogens with one attached hydrogen (secondary N) is 2. The van der Waals surface area contributed by atoms with E-state index >= 15 is 0 Å². The molecule has 2 N–H and O–H groups in total. The summed E-state index contributed by atoms with van der Waals surface area (Å²) in [5.74, 6) is -1.50. The van der Waals surface area contributed by atoms with Crippen LogP contribution in [0.5, 0.6) is 0 Å². The second-order valence-corrected chi connectivity index (χ2v) is 4.85. The molecule has 0 saturated carbocycles. The van der Waals surface area contributed by atoms with Crippen molar-refractivity contribution in [1.82, 2.24) is 10.9 Å². The number of hydrogen-bond donors (Lipinski definition) is 2. The number of benzene rings is 1. The van der Waals surface area contributed by atoms with Gasteiger partial charge in [-0.3, -0.25) is 20.4 Å². The molecule has 0 spiro atoms. The van der Waals surface area contributed by atoms with E-state index in [-0.39, 0.29) is 5.56 Å². The van der Waals surface area contributed by atoms with Crippen molar-refractivity contribution in [2.75, 3.05) is 6.61 Å². The highest BCUT2D eigenvalue weighted by molar-refractivity contribution is 9.10. The van der Waals surface area contributed by atoms with Crippen molar-refractivity contribution in [2.24, 2.45) is 0 Å². The Balaban J connectivity index is 2.46. The topological polar surface area (TPSA) is 67.4 Å². The van der Waals surface area contributed by atoms with Crippen LogP contribution in [0.15, 0.2) is 28.7 Å². The van der Waals surface area contributed by atoms with Gasteiger partial charge >= 0.3 is 6.18 Å². The summed E-state index contributed by atoms with van der Waals surface area (Å²) in [6.07, 6.45) is -5.88. The van der Waals surface area contributed by atoms with Crippen LogP contribution in [0.2, 0.25) is 0 Å². The third-order valence-electron chi connectivity index (χ3n) is 2.28. The van der Waals surface area contributed by atoms with Gasteiger partial charge in [-0.25, -0.2) is 0 Å². The summed E-state index contributed by atoms with van der Waals surface area (Å²) < 4.78 is 40.6. The van der Waals surface area contributed by atoms with Crippen molar-refractivity contribution < 1.29 is 27.5 Å². The lowest BCUT2D eigenvalue weighted by molar-refractivity contribution is -0.185. The molecular weight excluding hydrogens is 357 g/mol. The first-order valence-corrected chi connectivity index (χ1v) is 6.53. The fourth-order valence-electron chi connectivity index (χ4n) is 1.23. The zero-order chi connectivity index (χ0) is 16.0. The molecule has 0 radical (unpaired) electrons. The molecule has 21 heavy (non-hydrogen) atoms. The maximum absolute atomic E-state index is 11.9. The van der Waals surface area contributed by atoms with Gasteiger partial charge in [0.25, 0.3) is 11.8 Å². The minimum absolute atomic E-state index is 0.265. The molecule has 9 heteroatoms. The lowest BCUT2D eigenvalue weighted by Crippen LogP contribution is -2.46. The first-order valence-electron chi connectivity index (χ1n) is 5.74. The molecule has 1 rings (SSSR count). The Morgan fingerprint density at radius 2 is 1.90 bits per heavy atom. The average molecular weight is 369 g/mol. The highest BCUT2D eigenvalue weighted by Crippen LogP contribution is 2.16. The predicted octanol–water partition coefficient (Wildman–Crippen LogP) is 2.18. The van der Waals surface area contributed by atoms with Crippen LogP contribution in [-0.4, -0.2) is 30.7 Å². The lowest BCUT2D eigenvalue weighted by atomic mass is 10.2. The van der Waals surface area contributed by atoms with Gasteiger partial charge in [-0.05, 0) is 35.0 Å². The van der Waals surface area contributed by atoms with Crippen LogP contribution in [0.1, 0.15) is 17.3 Å². The molecule has 0 fully saturated rings. The Bertz CT molecular complexity index is 523. The van der Waals surface area contributed by atoms with Crippen LogP contribution in [0.25, 0.3) is 0 Å². The van der Waals surface area contributed by atoms with Gasteiger partial charge in [-0.2, -0.15) is 13.2 Å². The molecule has 0 heterocycles. The largest absolute Gasteiger partial charge is 0.411 e. The summed E-state index contributed by atoms with van der Waals surface area (Å²) in [6.45, 7) is -0.397. The summed E-state index contributed by atoms with van der Waals surface area (Å²) in [5, 5.41) is 0. The number of hydrazine groups is 1. The number of rotatable bonds is 4. The van der Waals surface area contributed by atoms with Gasteiger partial charge in [0.15, 0.2) is 0 Å². The molecular formula is C12H12BrF3N2O3. The zero-order valence-electron chi connectivity index (χ0n) is 10.8. The minimum atomic E-state index is -4.52. The molecule has 1 aromatic carbocycles. The van der Waals surface area contributed by atoms with E-state index in [0.29, 0.717) is 4.47 Å². The number of amides is 2. The number of carbonyl (C=O) groups excluding carboxylic acids is 2. The predicted molar refractivity (Wildman–Crippen MR) is 71.2 cm³/mol. The number of halogens is 4. The number of hydrogen-bond acceptors (Lipinski definition) is 3. The van der Waals surface area contributed by atoms with Gasteiger partial charge in [0, 0.05) is 4.47 Å². The molecule has 0 aliphatic heterocycles. The van der Waals surface area contributed by atoms with E-state index in [1.807, 2.05) is 5.43 Å². The quantitative estimate of drug-likeness (QED) is 0.800. The number of alkyl halides is 3. The van der Waals surface area contributed by atoms with Gasteiger partial charge in [-0.15, -0.1) is 0 Å². The van der Waals surface area contributed by atoms with Crippen LogP contribution >= 0.6 is 15.9 Å². The Labute approximate surface area is 126 Å². The SMILES string of the molecule is CC(OCC(F)(F)F)C(=O)NNC(=O)c1ccccc1Br. The molecule has 1 unspecified atom stereocenters. The molecule has 5 nitrogen and oxygen atoms in total. The molecule has 0 aromatic heterocycles. The Kier molecular flexibility index (Phi) is 6.16. The maximum atomic E-state index is 11.9. The van der Waals surface area contributed by atoms with Crippen LogP contribution in [0, 0.1) is 0 Å². The fourth-order valence-corrected chi connectivity index (χ4v) is 1.69. The van der Waals surface area contributed by atoms with E-state index < -0.39 is 30.7 Å². The van der Waals surface area contributed by atoms with E-state index in [4.69, 9.17) is 0 Å². The van der Waals surface area contributed by atoms with Crippen molar-refractivity contribution in [3.8, 4) is 0 Å². The molecule has 1 atom stereocenters. The second kappa shape index (κ2) is 7.41. The van der Waals surface area contributed by atoms with Gasteiger partial charge in [0.1, 0.15) is 12.7 Å². The van der Waals surface area contributed by atoms with Crippen molar-refractivity contribution in [3.05, 3.63) is 34.3 Å². The Morgan fingerprint density at radius 3 is 2.48 bits per heavy atom. The lowest BCUT2D eigenvalue weighted by Gasteiger charge is -2.15. The van der Waals surface area contributed by atoms with Gasteiger partial charge in [0.2, 0.25) is 0 Å². The second-order valence-electron chi connectivity index (χ2n) is 3.99. The van der Waals surface area contributed by atoms with Crippen LogP contribution in [0.4, 0.5) is 13.2 Å². The minimum Gasteiger partial charge on any atom is -0.359 e. The molecule has 116 valence electrons. The summed E-state index contributed by atoms with van der Waals surface area (Å²) in [5.41, 5.74) is 4.35. The standard InChI is InChI=1S/C12H12BrF3N2O3/c1-7(21-6-12(14,15)16)10(19)17-18-11(20)8-4-2-3-5-9(8)13/h2-5,7H,6H2,1H3,(H,17,19)(H,18,20). The van der Waals surface area contributed by atoms with E-state index in [0.717, 1.165) is 6.92 Å². The van der Waals surface area contributed by atoms with Crippen molar-refractivity contribution in [3.63, 3.8) is 0 Å².